The zero-order valence-electron chi connectivity index (χ0n) is 15.8. The van der Waals surface area contributed by atoms with Crippen LogP contribution in [0.15, 0.2) is 60.7 Å². The third-order valence-electron chi connectivity index (χ3n) is 4.74. The van der Waals surface area contributed by atoms with Crippen LogP contribution in [0.3, 0.4) is 0 Å². The summed E-state index contributed by atoms with van der Waals surface area (Å²) in [6, 6.07) is 19.2. The first-order valence-corrected chi connectivity index (χ1v) is 10.2. The van der Waals surface area contributed by atoms with Crippen LogP contribution in [0, 0.1) is 6.92 Å². The quantitative estimate of drug-likeness (QED) is 0.505. The Kier molecular flexibility index (Phi) is 4.41. The minimum atomic E-state index is -0.190. The maximum Gasteiger partial charge on any atom is 0.255 e. The number of nitrogens with zero attached hydrogens (tertiary/aromatic N) is 1. The molecule has 0 bridgehead atoms. The summed E-state index contributed by atoms with van der Waals surface area (Å²) in [6.45, 7) is 3.10. The van der Waals surface area contributed by atoms with E-state index in [9.17, 15) is 4.79 Å². The Balaban J connectivity index is 1.34. The van der Waals surface area contributed by atoms with Gasteiger partial charge in [-0.15, -0.1) is 11.3 Å². The monoisotopic (exact) mass is 402 g/mol. The standard InChI is InChI=1S/C23H18N2O3S/c1-14-2-8-18-21(12-14)29-23(25-18)15-3-6-17(7-4-15)24-22(26)16-5-9-19-20(13-16)28-11-10-27-19/h2-9,12-13H,10-11H2,1H3,(H,24,26). The molecule has 0 aliphatic carbocycles. The summed E-state index contributed by atoms with van der Waals surface area (Å²) in [5, 5.41) is 3.89. The highest BCUT2D eigenvalue weighted by Crippen LogP contribution is 2.32. The van der Waals surface area contributed by atoms with E-state index in [0.29, 0.717) is 30.3 Å². The number of fused-ring (bicyclic) bond motifs is 2. The van der Waals surface area contributed by atoms with E-state index in [1.54, 1.807) is 29.5 Å². The minimum Gasteiger partial charge on any atom is -0.486 e. The number of carbonyl (C=O) groups excluding carboxylic acids is 1. The predicted octanol–water partition coefficient (Wildman–Crippen LogP) is 5.30. The Morgan fingerprint density at radius 3 is 2.59 bits per heavy atom. The van der Waals surface area contributed by atoms with E-state index >= 15 is 0 Å². The number of thiazole rings is 1. The number of hydrogen-bond donors (Lipinski definition) is 1. The number of carbonyl (C=O) groups is 1. The molecule has 144 valence electrons. The van der Waals surface area contributed by atoms with Crippen molar-refractivity contribution in [3.63, 3.8) is 0 Å². The second-order valence-corrected chi connectivity index (χ2v) is 7.91. The van der Waals surface area contributed by atoms with Crippen molar-refractivity contribution in [3.05, 3.63) is 71.8 Å². The fraction of sp³-hybridized carbons (Fsp3) is 0.130. The van der Waals surface area contributed by atoms with Crippen molar-refractivity contribution in [3.8, 4) is 22.1 Å². The van der Waals surface area contributed by atoms with Crippen LogP contribution in [0.1, 0.15) is 15.9 Å². The van der Waals surface area contributed by atoms with E-state index in [0.717, 1.165) is 21.8 Å². The van der Waals surface area contributed by atoms with E-state index in [1.165, 1.54) is 10.3 Å². The summed E-state index contributed by atoms with van der Waals surface area (Å²) >= 11 is 1.67. The summed E-state index contributed by atoms with van der Waals surface area (Å²) in [7, 11) is 0. The lowest BCUT2D eigenvalue weighted by Gasteiger charge is -2.18. The Labute approximate surface area is 171 Å². The van der Waals surface area contributed by atoms with E-state index in [1.807, 2.05) is 30.3 Å². The normalized spacial score (nSPS) is 12.7. The Hall–Kier alpha value is -3.38. The summed E-state index contributed by atoms with van der Waals surface area (Å²) in [6.07, 6.45) is 0. The average molecular weight is 402 g/mol. The van der Waals surface area contributed by atoms with Gasteiger partial charge in [0.2, 0.25) is 0 Å². The molecule has 29 heavy (non-hydrogen) atoms. The second kappa shape index (κ2) is 7.22. The smallest absolute Gasteiger partial charge is 0.255 e. The average Bonchev–Trinajstić information content (AvgIpc) is 3.17. The molecule has 1 N–H and O–H groups in total. The maximum atomic E-state index is 12.6. The minimum absolute atomic E-state index is 0.190. The Bertz CT molecular complexity index is 1210. The topological polar surface area (TPSA) is 60.5 Å². The van der Waals surface area contributed by atoms with Crippen molar-refractivity contribution in [2.75, 3.05) is 18.5 Å². The Morgan fingerprint density at radius 1 is 0.966 bits per heavy atom. The summed E-state index contributed by atoms with van der Waals surface area (Å²) < 4.78 is 12.2. The first-order valence-electron chi connectivity index (χ1n) is 9.34. The molecule has 0 fully saturated rings. The molecule has 0 radical (unpaired) electrons. The number of nitrogens with one attached hydrogen (secondary N) is 1. The Morgan fingerprint density at radius 2 is 1.76 bits per heavy atom. The number of benzene rings is 3. The zero-order valence-corrected chi connectivity index (χ0v) is 16.6. The van der Waals surface area contributed by atoms with Gasteiger partial charge in [-0.3, -0.25) is 4.79 Å². The van der Waals surface area contributed by atoms with Crippen LogP contribution >= 0.6 is 11.3 Å². The first kappa shape index (κ1) is 17.7. The van der Waals surface area contributed by atoms with Gasteiger partial charge in [-0.05, 0) is 67.1 Å². The number of rotatable bonds is 3. The third kappa shape index (κ3) is 3.54. The molecule has 1 aliphatic heterocycles. The van der Waals surface area contributed by atoms with Crippen molar-refractivity contribution in [1.82, 2.24) is 4.98 Å². The van der Waals surface area contributed by atoms with Gasteiger partial charge in [-0.1, -0.05) is 6.07 Å². The van der Waals surface area contributed by atoms with Crippen LogP contribution in [0.25, 0.3) is 20.8 Å². The number of ether oxygens (including phenoxy) is 2. The van der Waals surface area contributed by atoms with Crippen molar-refractivity contribution < 1.29 is 14.3 Å². The van der Waals surface area contributed by atoms with Crippen molar-refractivity contribution in [1.29, 1.82) is 0 Å². The van der Waals surface area contributed by atoms with Gasteiger partial charge in [0.05, 0.1) is 10.2 Å². The van der Waals surface area contributed by atoms with E-state index in [2.05, 4.69) is 24.4 Å². The maximum absolute atomic E-state index is 12.6. The highest BCUT2D eigenvalue weighted by atomic mass is 32.1. The van der Waals surface area contributed by atoms with Gasteiger partial charge in [0.25, 0.3) is 5.91 Å². The lowest BCUT2D eigenvalue weighted by molar-refractivity contribution is 0.102. The lowest BCUT2D eigenvalue weighted by Crippen LogP contribution is -2.17. The van der Waals surface area contributed by atoms with Gasteiger partial charge >= 0.3 is 0 Å². The highest BCUT2D eigenvalue weighted by molar-refractivity contribution is 7.21. The molecule has 5 rings (SSSR count). The van der Waals surface area contributed by atoms with Crippen molar-refractivity contribution in [2.24, 2.45) is 0 Å². The van der Waals surface area contributed by atoms with Crippen LogP contribution in [-0.4, -0.2) is 24.1 Å². The van der Waals surface area contributed by atoms with Gasteiger partial charge < -0.3 is 14.8 Å². The van der Waals surface area contributed by atoms with Crippen molar-refractivity contribution in [2.45, 2.75) is 6.92 Å². The van der Waals surface area contributed by atoms with Crippen LogP contribution in [-0.2, 0) is 0 Å². The molecule has 0 saturated carbocycles. The summed E-state index contributed by atoms with van der Waals surface area (Å²) in [5.74, 6) is 1.08. The molecule has 1 amide bonds. The van der Waals surface area contributed by atoms with Crippen LogP contribution in [0.2, 0.25) is 0 Å². The molecular formula is C23H18N2O3S. The van der Waals surface area contributed by atoms with Crippen LogP contribution in [0.4, 0.5) is 5.69 Å². The van der Waals surface area contributed by atoms with Gasteiger partial charge in [-0.25, -0.2) is 4.98 Å². The number of aryl methyl sites for hydroxylation is 1. The zero-order chi connectivity index (χ0) is 19.8. The van der Waals surface area contributed by atoms with Crippen LogP contribution in [0.5, 0.6) is 11.5 Å². The molecule has 0 saturated heterocycles. The molecule has 0 unspecified atom stereocenters. The highest BCUT2D eigenvalue weighted by Gasteiger charge is 2.15. The van der Waals surface area contributed by atoms with Gasteiger partial charge in [0, 0.05) is 16.8 Å². The molecule has 2 heterocycles. The fourth-order valence-corrected chi connectivity index (χ4v) is 4.31. The number of amides is 1. The van der Waals surface area contributed by atoms with E-state index in [4.69, 9.17) is 14.5 Å². The molecule has 0 spiro atoms. The van der Waals surface area contributed by atoms with Gasteiger partial charge in [0.1, 0.15) is 18.2 Å². The fourth-order valence-electron chi connectivity index (χ4n) is 3.24. The van der Waals surface area contributed by atoms with Crippen molar-refractivity contribution >= 4 is 33.1 Å². The molecule has 4 aromatic rings. The lowest BCUT2D eigenvalue weighted by atomic mass is 10.1. The van der Waals surface area contributed by atoms with Gasteiger partial charge in [-0.2, -0.15) is 0 Å². The number of aromatic nitrogens is 1. The molecule has 0 atom stereocenters. The van der Waals surface area contributed by atoms with E-state index < -0.39 is 0 Å². The molecule has 1 aromatic heterocycles. The first-order chi connectivity index (χ1) is 14.2. The molecular weight excluding hydrogens is 384 g/mol. The second-order valence-electron chi connectivity index (χ2n) is 6.88. The van der Waals surface area contributed by atoms with Gasteiger partial charge in [0.15, 0.2) is 11.5 Å². The molecule has 3 aromatic carbocycles. The predicted molar refractivity (Wildman–Crippen MR) is 115 cm³/mol. The number of anilines is 1. The molecule has 5 nitrogen and oxygen atoms in total. The molecule has 1 aliphatic rings. The summed E-state index contributed by atoms with van der Waals surface area (Å²) in [4.78, 5) is 17.3. The largest absolute Gasteiger partial charge is 0.486 e. The SMILES string of the molecule is Cc1ccc2nc(-c3ccc(NC(=O)c4ccc5c(c4)OCCO5)cc3)sc2c1. The third-order valence-corrected chi connectivity index (χ3v) is 5.81. The summed E-state index contributed by atoms with van der Waals surface area (Å²) in [5.41, 5.74) is 4.52. The number of hydrogen-bond acceptors (Lipinski definition) is 5. The molecule has 6 heteroatoms. The van der Waals surface area contributed by atoms with Crippen LogP contribution < -0.4 is 14.8 Å². The van der Waals surface area contributed by atoms with E-state index in [-0.39, 0.29) is 5.91 Å².